The number of benzene rings is 2. The zero-order valence-electron chi connectivity index (χ0n) is 59.6. The fourth-order valence-corrected chi connectivity index (χ4v) is 17.8. The molecule has 4 nitrogen and oxygen atoms in total. The molecule has 0 radical (unpaired) electrons. The molecule has 4 atom stereocenters. The lowest BCUT2D eigenvalue weighted by Gasteiger charge is -2.39. The van der Waals surface area contributed by atoms with Crippen molar-refractivity contribution in [3.8, 4) is 21.6 Å². The molecule has 0 fully saturated rings. The SMILES string of the molecule is CCCCCCCCC(CCCCCC)CN1C(=O)C2=C(c3ccc(C(C)(C)C)s3)N(CC(CCCCCC)CCCCCCCC)C(=O)C2=C1c1ccc(-c2ccc3c(c2)C(CC(CC)CCCC)(CC(CC)CCCC)c2cc(C(C)(C)C)ccc2-3)s1. The number of carbonyl (C=O) groups excluding carboxylic acids is 2. The number of nitrogens with zero attached hydrogens (tertiary/aromatic N) is 2. The first kappa shape index (κ1) is 72.7. The topological polar surface area (TPSA) is 40.6 Å². The van der Waals surface area contributed by atoms with Gasteiger partial charge in [0.15, 0.2) is 0 Å². The predicted octanol–water partition coefficient (Wildman–Crippen LogP) is 26.0. The standard InChI is InChI=1S/C83H128N2O2S2/c1-15-23-29-33-35-39-45-63(43-37-31-25-17-3)59-84-77(75-76(80(84)87)78(73-53-54-74(89-73)82(12,13)14)85(79(75)86)60-64(44-38-32-26-18-4)46-40-36-34-30-24-16-2)72-52-51-71(88-72)65-47-49-67-68-50-48-66(81(9,10)11)56-70(68)83(69(67)55-65,57-61(21-7)41-27-19-5)58-62(22-8)42-28-20-6/h47-56,61-64H,15-46,57-60H2,1-14H3. The first-order chi connectivity index (χ1) is 42.9. The Morgan fingerprint density at radius 3 is 1.20 bits per heavy atom. The van der Waals surface area contributed by atoms with Crippen LogP contribution in [-0.2, 0) is 25.8 Å². The van der Waals surface area contributed by atoms with Gasteiger partial charge in [0.1, 0.15) is 0 Å². The van der Waals surface area contributed by atoms with Gasteiger partial charge in [0.25, 0.3) is 11.8 Å². The Morgan fingerprint density at radius 1 is 0.393 bits per heavy atom. The Balaban J connectivity index is 1.41. The zero-order chi connectivity index (χ0) is 64.1. The van der Waals surface area contributed by atoms with Crippen LogP contribution in [0, 0.1) is 23.7 Å². The van der Waals surface area contributed by atoms with Crippen molar-refractivity contribution in [3.63, 3.8) is 0 Å². The number of rotatable bonds is 43. The maximum Gasteiger partial charge on any atom is 0.261 e. The molecular weight excluding hydrogens is 1120 g/mol. The fraction of sp³-hybridized carbons (Fsp3) is 0.687. The van der Waals surface area contributed by atoms with Gasteiger partial charge in [0.05, 0.1) is 32.3 Å². The van der Waals surface area contributed by atoms with Crippen LogP contribution < -0.4 is 0 Å². The number of amides is 2. The minimum atomic E-state index is -0.0976. The molecule has 2 amide bonds. The lowest BCUT2D eigenvalue weighted by molar-refractivity contribution is -0.124. The zero-order valence-corrected chi connectivity index (χ0v) is 61.2. The van der Waals surface area contributed by atoms with Gasteiger partial charge >= 0.3 is 0 Å². The third-order valence-corrected chi connectivity index (χ3v) is 23.9. The molecule has 3 aliphatic rings. The summed E-state index contributed by atoms with van der Waals surface area (Å²) < 4.78 is 0. The second-order valence-corrected chi connectivity index (χ2v) is 32.7. The van der Waals surface area contributed by atoms with Crippen LogP contribution in [0.2, 0.25) is 0 Å². The van der Waals surface area contributed by atoms with E-state index in [1.807, 2.05) is 11.3 Å². The molecule has 494 valence electrons. The molecule has 0 bridgehead atoms. The summed E-state index contributed by atoms with van der Waals surface area (Å²) in [7, 11) is 0. The van der Waals surface area contributed by atoms with Crippen molar-refractivity contribution in [2.75, 3.05) is 13.1 Å². The van der Waals surface area contributed by atoms with Crippen molar-refractivity contribution in [2.45, 2.75) is 331 Å². The van der Waals surface area contributed by atoms with E-state index in [1.165, 1.54) is 230 Å². The monoisotopic (exact) mass is 1250 g/mol. The molecule has 89 heavy (non-hydrogen) atoms. The number of hydrogen-bond donors (Lipinski definition) is 0. The number of hydrogen-bond acceptors (Lipinski definition) is 4. The average Bonchev–Trinajstić information content (AvgIpc) is 1.62. The van der Waals surface area contributed by atoms with Gasteiger partial charge in [-0.05, 0) is 137 Å². The summed E-state index contributed by atoms with van der Waals surface area (Å²) in [6.45, 7) is 34.2. The Kier molecular flexibility index (Phi) is 29.0. The van der Waals surface area contributed by atoms with Crippen molar-refractivity contribution < 1.29 is 9.59 Å². The van der Waals surface area contributed by atoms with Crippen LogP contribution in [0.5, 0.6) is 0 Å². The van der Waals surface area contributed by atoms with Gasteiger partial charge in [-0.3, -0.25) is 9.59 Å². The van der Waals surface area contributed by atoms with E-state index in [2.05, 4.69) is 167 Å². The van der Waals surface area contributed by atoms with Crippen molar-refractivity contribution in [3.05, 3.63) is 103 Å². The van der Waals surface area contributed by atoms with E-state index in [1.54, 1.807) is 16.9 Å². The van der Waals surface area contributed by atoms with Gasteiger partial charge in [0, 0.05) is 28.3 Å². The third-order valence-electron chi connectivity index (χ3n) is 21.2. The lowest BCUT2D eigenvalue weighted by Crippen LogP contribution is -2.34. The highest BCUT2D eigenvalue weighted by Gasteiger charge is 2.51. The molecule has 6 heteroatoms. The fourth-order valence-electron chi connectivity index (χ4n) is 15.6. The average molecular weight is 1250 g/mol. The molecule has 4 heterocycles. The molecule has 0 saturated carbocycles. The van der Waals surface area contributed by atoms with Crippen LogP contribution >= 0.6 is 22.7 Å². The summed E-state index contributed by atoms with van der Waals surface area (Å²) >= 11 is 3.63. The molecule has 4 aromatic rings. The Hall–Kier alpha value is -3.74. The first-order valence-corrected chi connectivity index (χ1v) is 39.2. The summed E-state index contributed by atoms with van der Waals surface area (Å²) in [4.78, 5) is 41.6. The highest BCUT2D eigenvalue weighted by molar-refractivity contribution is 7.16. The third kappa shape index (κ3) is 18.8. The second-order valence-electron chi connectivity index (χ2n) is 30.5. The van der Waals surface area contributed by atoms with E-state index in [4.69, 9.17) is 0 Å². The highest BCUT2D eigenvalue weighted by atomic mass is 32.1. The van der Waals surface area contributed by atoms with Crippen molar-refractivity contribution in [2.24, 2.45) is 23.7 Å². The van der Waals surface area contributed by atoms with Crippen LogP contribution in [0.25, 0.3) is 33.0 Å². The summed E-state index contributed by atoms with van der Waals surface area (Å²) in [5.41, 5.74) is 11.7. The van der Waals surface area contributed by atoms with Crippen LogP contribution in [-0.4, -0.2) is 34.7 Å². The maximum atomic E-state index is 16.3. The smallest absolute Gasteiger partial charge is 0.261 e. The van der Waals surface area contributed by atoms with E-state index in [0.717, 1.165) is 46.8 Å². The molecule has 2 aromatic carbocycles. The quantitative estimate of drug-likeness (QED) is 0.0415. The van der Waals surface area contributed by atoms with Gasteiger partial charge in [-0.15, -0.1) is 22.7 Å². The van der Waals surface area contributed by atoms with Crippen LogP contribution in [0.3, 0.4) is 0 Å². The van der Waals surface area contributed by atoms with Crippen molar-refractivity contribution in [1.82, 2.24) is 9.80 Å². The molecular formula is C83H128N2O2S2. The van der Waals surface area contributed by atoms with Crippen molar-refractivity contribution >= 4 is 45.9 Å². The van der Waals surface area contributed by atoms with Crippen LogP contribution in [0.15, 0.2) is 71.8 Å². The van der Waals surface area contributed by atoms with E-state index in [0.29, 0.717) is 47.9 Å². The molecule has 1 aliphatic carbocycles. The largest absolute Gasteiger partial charge is 0.306 e. The van der Waals surface area contributed by atoms with Gasteiger partial charge in [-0.2, -0.15) is 0 Å². The van der Waals surface area contributed by atoms with E-state index < -0.39 is 0 Å². The Bertz CT molecular complexity index is 2860. The number of thiophene rings is 2. The maximum absolute atomic E-state index is 16.3. The van der Waals surface area contributed by atoms with E-state index in [9.17, 15) is 0 Å². The van der Waals surface area contributed by atoms with E-state index in [-0.39, 0.29) is 28.1 Å². The highest BCUT2D eigenvalue weighted by Crippen LogP contribution is 2.58. The molecule has 0 saturated heterocycles. The molecule has 4 unspecified atom stereocenters. The Labute approximate surface area is 554 Å². The van der Waals surface area contributed by atoms with Crippen molar-refractivity contribution in [1.29, 1.82) is 0 Å². The van der Waals surface area contributed by atoms with Crippen LogP contribution in [0.1, 0.15) is 347 Å². The summed E-state index contributed by atoms with van der Waals surface area (Å²) in [5.74, 6) is 2.12. The molecule has 0 spiro atoms. The first-order valence-electron chi connectivity index (χ1n) is 37.6. The van der Waals surface area contributed by atoms with Gasteiger partial charge in [-0.1, -0.05) is 307 Å². The second kappa shape index (κ2) is 35.5. The summed E-state index contributed by atoms with van der Waals surface area (Å²) in [6, 6.07) is 24.3. The number of fused-ring (bicyclic) bond motifs is 4. The predicted molar refractivity (Wildman–Crippen MR) is 391 cm³/mol. The van der Waals surface area contributed by atoms with Gasteiger partial charge < -0.3 is 9.80 Å². The molecule has 7 rings (SSSR count). The van der Waals surface area contributed by atoms with E-state index >= 15 is 9.59 Å². The summed E-state index contributed by atoms with van der Waals surface area (Å²) in [6.07, 6.45) is 41.8. The van der Waals surface area contributed by atoms with Gasteiger partial charge in [-0.25, -0.2) is 0 Å². The normalized spacial score (nSPS) is 17.4. The van der Waals surface area contributed by atoms with Gasteiger partial charge in [0.2, 0.25) is 0 Å². The molecule has 0 N–H and O–H groups in total. The number of unbranched alkanes of at least 4 members (excludes halogenated alkanes) is 18. The minimum absolute atomic E-state index is 0.0392. The molecule has 2 aliphatic heterocycles. The number of carbonyl (C=O) groups is 2. The Morgan fingerprint density at radius 2 is 0.775 bits per heavy atom. The van der Waals surface area contributed by atoms with Crippen LogP contribution in [0.4, 0.5) is 0 Å². The lowest BCUT2D eigenvalue weighted by atomic mass is 9.64. The summed E-state index contributed by atoms with van der Waals surface area (Å²) in [5, 5.41) is 0. The minimum Gasteiger partial charge on any atom is -0.306 e. The molecule has 2 aromatic heterocycles.